The van der Waals surface area contributed by atoms with Crippen molar-refractivity contribution in [1.29, 1.82) is 0 Å². The smallest absolute Gasteiger partial charge is 0.346 e. The summed E-state index contributed by atoms with van der Waals surface area (Å²) in [6, 6.07) is 6.13. The first-order chi connectivity index (χ1) is 11.4. The molecule has 0 atom stereocenters. The number of carbonyl (C=O) groups is 1. The Balaban J connectivity index is 1.66. The van der Waals surface area contributed by atoms with Gasteiger partial charge >= 0.3 is 6.18 Å². The molecule has 3 aromatic rings. The summed E-state index contributed by atoms with van der Waals surface area (Å²) < 4.78 is 39.6. The van der Waals surface area contributed by atoms with Gasteiger partial charge in [-0.15, -0.1) is 5.10 Å². The van der Waals surface area contributed by atoms with Gasteiger partial charge in [0, 0.05) is 10.9 Å². The molecule has 0 aliphatic rings. The number of amides is 1. The third-order valence-corrected chi connectivity index (χ3v) is 3.86. The molecule has 0 aliphatic carbocycles. The molecule has 9 heteroatoms. The Morgan fingerprint density at radius 2 is 2.12 bits per heavy atom. The number of hydrogen-bond acceptors (Lipinski definition) is 4. The number of carbonyl (C=O) groups excluding carboxylic acids is 1. The van der Waals surface area contributed by atoms with Crippen molar-refractivity contribution in [2.24, 2.45) is 0 Å². The van der Waals surface area contributed by atoms with Crippen LogP contribution in [0.5, 0.6) is 0 Å². The highest BCUT2D eigenvalue weighted by Crippen LogP contribution is 2.29. The highest BCUT2D eigenvalue weighted by Gasteiger charge is 2.30. The van der Waals surface area contributed by atoms with Crippen molar-refractivity contribution in [3.8, 4) is 5.69 Å². The number of aromatic nitrogens is 3. The molecule has 0 bridgehead atoms. The van der Waals surface area contributed by atoms with E-state index in [2.05, 4.69) is 15.6 Å². The van der Waals surface area contributed by atoms with Crippen LogP contribution in [0, 0.1) is 0 Å². The van der Waals surface area contributed by atoms with Crippen LogP contribution in [0.4, 0.5) is 13.2 Å². The molecule has 1 N–H and O–H groups in total. The van der Waals surface area contributed by atoms with Crippen molar-refractivity contribution in [3.05, 3.63) is 64.1 Å². The zero-order chi connectivity index (χ0) is 17.2. The average molecular weight is 352 g/mol. The lowest BCUT2D eigenvalue weighted by Crippen LogP contribution is -2.23. The zero-order valence-electron chi connectivity index (χ0n) is 12.1. The van der Waals surface area contributed by atoms with E-state index in [0.717, 1.165) is 17.8 Å². The van der Waals surface area contributed by atoms with Crippen LogP contribution in [0.15, 0.2) is 47.3 Å². The minimum atomic E-state index is -4.49. The maximum absolute atomic E-state index is 12.7. The van der Waals surface area contributed by atoms with Gasteiger partial charge in [0.2, 0.25) is 0 Å². The minimum Gasteiger partial charge on any atom is -0.346 e. The van der Waals surface area contributed by atoms with Crippen molar-refractivity contribution < 1.29 is 18.0 Å². The van der Waals surface area contributed by atoms with E-state index in [1.54, 1.807) is 10.9 Å². The average Bonchev–Trinajstić information content (AvgIpc) is 3.23. The first-order valence-corrected chi connectivity index (χ1v) is 7.77. The summed E-state index contributed by atoms with van der Waals surface area (Å²) in [7, 11) is 0. The maximum Gasteiger partial charge on any atom is 0.416 e. The van der Waals surface area contributed by atoms with Crippen molar-refractivity contribution in [3.63, 3.8) is 0 Å². The van der Waals surface area contributed by atoms with E-state index in [0.29, 0.717) is 5.69 Å². The first-order valence-electron chi connectivity index (χ1n) is 6.83. The van der Waals surface area contributed by atoms with E-state index in [9.17, 15) is 18.0 Å². The highest BCUT2D eigenvalue weighted by molar-refractivity contribution is 7.08. The van der Waals surface area contributed by atoms with Crippen molar-refractivity contribution in [2.45, 2.75) is 12.7 Å². The monoisotopic (exact) mass is 352 g/mol. The standard InChI is InChI=1S/C15H11F3N4OS/c16-15(17,18)11-3-1-2-10(6-11)14(23)19-7-12-8-22(21-20-12)13-4-5-24-9-13/h1-6,8-9H,7H2,(H,19,23). The second kappa shape index (κ2) is 6.44. The largest absolute Gasteiger partial charge is 0.416 e. The van der Waals surface area contributed by atoms with Crippen molar-refractivity contribution in [2.75, 3.05) is 0 Å². The van der Waals surface area contributed by atoms with Crippen molar-refractivity contribution in [1.82, 2.24) is 20.3 Å². The van der Waals surface area contributed by atoms with Crippen LogP contribution in [0.1, 0.15) is 21.6 Å². The Morgan fingerprint density at radius 1 is 1.29 bits per heavy atom. The molecule has 3 rings (SSSR count). The predicted molar refractivity (Wildman–Crippen MR) is 81.9 cm³/mol. The minimum absolute atomic E-state index is 0.0601. The summed E-state index contributed by atoms with van der Waals surface area (Å²) >= 11 is 1.51. The third-order valence-electron chi connectivity index (χ3n) is 3.19. The number of thiophene rings is 1. The normalized spacial score (nSPS) is 11.5. The van der Waals surface area contributed by atoms with Gasteiger partial charge in [0.15, 0.2) is 0 Å². The third kappa shape index (κ3) is 3.62. The Labute approximate surface area is 138 Å². The number of hydrogen-bond donors (Lipinski definition) is 1. The van der Waals surface area contributed by atoms with E-state index in [1.165, 1.54) is 23.5 Å². The molecular formula is C15H11F3N4OS. The summed E-state index contributed by atoms with van der Waals surface area (Å²) in [5.41, 5.74) is 0.429. The van der Waals surface area contributed by atoms with Crippen LogP contribution >= 0.6 is 11.3 Å². The summed E-state index contributed by atoms with van der Waals surface area (Å²) in [5, 5.41) is 14.2. The number of nitrogens with one attached hydrogen (secondary N) is 1. The van der Waals surface area contributed by atoms with E-state index >= 15 is 0 Å². The second-order valence-corrected chi connectivity index (χ2v) is 5.68. The van der Waals surface area contributed by atoms with Crippen LogP contribution in [-0.2, 0) is 12.7 Å². The molecule has 2 heterocycles. The van der Waals surface area contributed by atoms with Gasteiger partial charge in [0.05, 0.1) is 24.0 Å². The van der Waals surface area contributed by atoms with Gasteiger partial charge in [-0.25, -0.2) is 4.68 Å². The van der Waals surface area contributed by atoms with Gasteiger partial charge in [-0.3, -0.25) is 4.79 Å². The predicted octanol–water partition coefficient (Wildman–Crippen LogP) is 3.28. The van der Waals surface area contributed by atoms with Crippen LogP contribution in [-0.4, -0.2) is 20.9 Å². The zero-order valence-corrected chi connectivity index (χ0v) is 12.9. The summed E-state index contributed by atoms with van der Waals surface area (Å²) in [6.45, 7) is 0.0687. The molecule has 0 saturated carbocycles. The van der Waals surface area contributed by atoms with Gasteiger partial charge in [0.1, 0.15) is 5.69 Å². The van der Waals surface area contributed by atoms with E-state index in [4.69, 9.17) is 0 Å². The fourth-order valence-electron chi connectivity index (χ4n) is 2.00. The van der Waals surface area contributed by atoms with Crippen molar-refractivity contribution >= 4 is 17.2 Å². The number of nitrogens with zero attached hydrogens (tertiary/aromatic N) is 3. The maximum atomic E-state index is 12.7. The van der Waals surface area contributed by atoms with Crippen LogP contribution in [0.2, 0.25) is 0 Å². The number of benzene rings is 1. The fourth-order valence-corrected chi connectivity index (χ4v) is 2.63. The number of rotatable bonds is 4. The number of alkyl halides is 3. The first kappa shape index (κ1) is 16.2. The summed E-state index contributed by atoms with van der Waals surface area (Å²) in [6.07, 6.45) is -2.84. The Hall–Kier alpha value is -2.68. The molecule has 5 nitrogen and oxygen atoms in total. The van der Waals surface area contributed by atoms with Gasteiger partial charge < -0.3 is 5.32 Å². The molecule has 0 unspecified atom stereocenters. The molecule has 2 aromatic heterocycles. The SMILES string of the molecule is O=C(NCc1cn(-c2ccsc2)nn1)c1cccc(C(F)(F)F)c1. The lowest BCUT2D eigenvalue weighted by atomic mass is 10.1. The fraction of sp³-hybridized carbons (Fsp3) is 0.133. The molecule has 0 fully saturated rings. The molecule has 1 aromatic carbocycles. The second-order valence-electron chi connectivity index (χ2n) is 4.90. The van der Waals surface area contributed by atoms with Gasteiger partial charge in [-0.05, 0) is 29.6 Å². The summed E-state index contributed by atoms with van der Waals surface area (Å²) in [5.74, 6) is -0.605. The van der Waals surface area contributed by atoms with E-state index in [-0.39, 0.29) is 12.1 Å². The molecule has 24 heavy (non-hydrogen) atoms. The van der Waals surface area contributed by atoms with E-state index in [1.807, 2.05) is 16.8 Å². The molecule has 0 spiro atoms. The van der Waals surface area contributed by atoms with Crippen LogP contribution in [0.3, 0.4) is 0 Å². The Morgan fingerprint density at radius 3 is 2.83 bits per heavy atom. The molecular weight excluding hydrogens is 341 g/mol. The Kier molecular flexibility index (Phi) is 4.34. The number of halogens is 3. The van der Waals surface area contributed by atoms with Gasteiger partial charge in [0.25, 0.3) is 5.91 Å². The lowest BCUT2D eigenvalue weighted by molar-refractivity contribution is -0.137. The quantitative estimate of drug-likeness (QED) is 0.784. The molecule has 1 amide bonds. The molecule has 0 aliphatic heterocycles. The Bertz CT molecular complexity index is 843. The highest BCUT2D eigenvalue weighted by atomic mass is 32.1. The topological polar surface area (TPSA) is 59.8 Å². The van der Waals surface area contributed by atoms with Gasteiger partial charge in [-0.2, -0.15) is 24.5 Å². The molecule has 124 valence electrons. The van der Waals surface area contributed by atoms with Crippen LogP contribution < -0.4 is 5.32 Å². The molecule has 0 saturated heterocycles. The van der Waals surface area contributed by atoms with Gasteiger partial charge in [-0.1, -0.05) is 11.3 Å². The lowest BCUT2D eigenvalue weighted by Gasteiger charge is -2.08. The summed E-state index contributed by atoms with van der Waals surface area (Å²) in [4.78, 5) is 12.0. The molecule has 0 radical (unpaired) electrons. The van der Waals surface area contributed by atoms with E-state index < -0.39 is 17.6 Å². The van der Waals surface area contributed by atoms with Crippen LogP contribution in [0.25, 0.3) is 5.69 Å².